The van der Waals surface area contributed by atoms with Gasteiger partial charge in [-0.1, -0.05) is 19.1 Å². The Morgan fingerprint density at radius 3 is 2.35 bits per heavy atom. The van der Waals surface area contributed by atoms with Crippen molar-refractivity contribution in [1.82, 2.24) is 5.32 Å². The van der Waals surface area contributed by atoms with Crippen molar-refractivity contribution in [3.8, 4) is 0 Å². The van der Waals surface area contributed by atoms with Gasteiger partial charge in [-0.15, -0.1) is 0 Å². The number of carbonyl (C=O) groups excluding carboxylic acids is 1. The van der Waals surface area contributed by atoms with E-state index >= 15 is 0 Å². The van der Waals surface area contributed by atoms with Crippen molar-refractivity contribution in [3.63, 3.8) is 0 Å². The molecule has 3 unspecified atom stereocenters. The number of carbonyl (C=O) groups is 1. The van der Waals surface area contributed by atoms with Crippen LogP contribution in [0.1, 0.15) is 37.9 Å². The van der Waals surface area contributed by atoms with Crippen molar-refractivity contribution in [2.75, 3.05) is 0 Å². The summed E-state index contributed by atoms with van der Waals surface area (Å²) in [6, 6.07) is 4.10. The Hall–Kier alpha value is -1.56. The average Bonchev–Trinajstić information content (AvgIpc) is 2.36. The molecule has 1 aromatic carbocycles. The number of nitrogens with one attached hydrogen (secondary N) is 1. The van der Waals surface area contributed by atoms with E-state index in [1.165, 1.54) is 6.07 Å². The van der Waals surface area contributed by atoms with Crippen molar-refractivity contribution < 1.29 is 18.0 Å². The van der Waals surface area contributed by atoms with E-state index in [0.717, 1.165) is 12.1 Å². The Bertz CT molecular complexity index is 472. The predicted molar refractivity (Wildman–Crippen MR) is 70.8 cm³/mol. The molecule has 112 valence electrons. The van der Waals surface area contributed by atoms with Crippen molar-refractivity contribution in [3.05, 3.63) is 35.4 Å². The number of alkyl halides is 3. The van der Waals surface area contributed by atoms with Crippen LogP contribution >= 0.6 is 0 Å². The number of hydrogen-bond donors (Lipinski definition) is 2. The zero-order chi connectivity index (χ0) is 15.5. The second-order valence-corrected chi connectivity index (χ2v) is 5.00. The van der Waals surface area contributed by atoms with Gasteiger partial charge in [0.1, 0.15) is 0 Å². The van der Waals surface area contributed by atoms with Crippen molar-refractivity contribution in [2.24, 2.45) is 11.7 Å². The molecule has 0 aliphatic carbocycles. The first kappa shape index (κ1) is 16.5. The minimum absolute atomic E-state index is 0.273. The molecule has 3 atom stereocenters. The molecular weight excluding hydrogens is 269 g/mol. The summed E-state index contributed by atoms with van der Waals surface area (Å²) in [6.45, 7) is 5.03. The molecule has 0 aliphatic heterocycles. The van der Waals surface area contributed by atoms with Crippen LogP contribution in [0.2, 0.25) is 0 Å². The summed E-state index contributed by atoms with van der Waals surface area (Å²) in [6.07, 6.45) is -4.39. The highest BCUT2D eigenvalue weighted by molar-refractivity contribution is 5.79. The van der Waals surface area contributed by atoms with Crippen LogP contribution in [0.3, 0.4) is 0 Å². The maximum absolute atomic E-state index is 12.6. The molecule has 0 fully saturated rings. The SMILES string of the molecule is CC(NC(=O)C(C)C(C)N)c1cccc(C(F)(F)F)c1. The van der Waals surface area contributed by atoms with E-state index in [1.807, 2.05) is 0 Å². The molecule has 20 heavy (non-hydrogen) atoms. The molecule has 1 rings (SSSR count). The van der Waals surface area contributed by atoms with Gasteiger partial charge in [0, 0.05) is 12.0 Å². The Morgan fingerprint density at radius 1 is 1.25 bits per heavy atom. The van der Waals surface area contributed by atoms with E-state index in [-0.39, 0.29) is 11.9 Å². The van der Waals surface area contributed by atoms with Crippen LogP contribution < -0.4 is 11.1 Å². The summed E-state index contributed by atoms with van der Waals surface area (Å²) in [5.41, 5.74) is 5.30. The fourth-order valence-corrected chi connectivity index (χ4v) is 1.65. The van der Waals surface area contributed by atoms with Gasteiger partial charge in [0.25, 0.3) is 0 Å². The summed E-state index contributed by atoms with van der Waals surface area (Å²) in [7, 11) is 0. The Morgan fingerprint density at radius 2 is 1.85 bits per heavy atom. The number of rotatable bonds is 4. The Balaban J connectivity index is 2.83. The highest BCUT2D eigenvalue weighted by atomic mass is 19.4. The van der Waals surface area contributed by atoms with Gasteiger partial charge in [-0.25, -0.2) is 0 Å². The molecule has 0 aliphatic rings. The number of halogens is 3. The molecule has 0 heterocycles. The highest BCUT2D eigenvalue weighted by Crippen LogP contribution is 2.30. The zero-order valence-electron chi connectivity index (χ0n) is 11.7. The van der Waals surface area contributed by atoms with Crippen molar-refractivity contribution in [2.45, 2.75) is 39.0 Å². The number of nitrogens with two attached hydrogens (primary N) is 1. The predicted octanol–water partition coefficient (Wildman–Crippen LogP) is 2.87. The second-order valence-electron chi connectivity index (χ2n) is 5.00. The largest absolute Gasteiger partial charge is 0.416 e. The van der Waals surface area contributed by atoms with Crippen LogP contribution in [0, 0.1) is 5.92 Å². The summed E-state index contributed by atoms with van der Waals surface area (Å²) in [5.74, 6) is -0.673. The van der Waals surface area contributed by atoms with E-state index in [1.54, 1.807) is 26.8 Å². The third-order valence-corrected chi connectivity index (χ3v) is 3.27. The van der Waals surface area contributed by atoms with Gasteiger partial charge in [0.2, 0.25) is 5.91 Å². The van der Waals surface area contributed by atoms with Gasteiger partial charge in [0.15, 0.2) is 0 Å². The van der Waals surface area contributed by atoms with Crippen LogP contribution in [0.25, 0.3) is 0 Å². The van der Waals surface area contributed by atoms with Crippen LogP contribution in [0.5, 0.6) is 0 Å². The topological polar surface area (TPSA) is 55.1 Å². The summed E-state index contributed by atoms with van der Waals surface area (Å²) >= 11 is 0. The Kier molecular flexibility index (Phi) is 5.16. The smallest absolute Gasteiger partial charge is 0.349 e. The lowest BCUT2D eigenvalue weighted by molar-refractivity contribution is -0.137. The van der Waals surface area contributed by atoms with E-state index in [0.29, 0.717) is 5.56 Å². The van der Waals surface area contributed by atoms with E-state index < -0.39 is 23.7 Å². The van der Waals surface area contributed by atoms with Crippen LogP contribution in [0.4, 0.5) is 13.2 Å². The Labute approximate surface area is 116 Å². The van der Waals surface area contributed by atoms with E-state index in [2.05, 4.69) is 5.32 Å². The fourth-order valence-electron chi connectivity index (χ4n) is 1.65. The van der Waals surface area contributed by atoms with Crippen LogP contribution in [-0.4, -0.2) is 11.9 Å². The maximum Gasteiger partial charge on any atom is 0.416 e. The van der Waals surface area contributed by atoms with Gasteiger partial charge in [-0.3, -0.25) is 4.79 Å². The third kappa shape index (κ3) is 4.23. The molecule has 0 saturated carbocycles. The lowest BCUT2D eigenvalue weighted by Gasteiger charge is -2.20. The van der Waals surface area contributed by atoms with Crippen molar-refractivity contribution >= 4 is 5.91 Å². The number of hydrogen-bond acceptors (Lipinski definition) is 2. The maximum atomic E-state index is 12.6. The summed E-state index contributed by atoms with van der Waals surface area (Å²) < 4.78 is 37.9. The molecule has 0 radical (unpaired) electrons. The van der Waals surface area contributed by atoms with Crippen LogP contribution in [0.15, 0.2) is 24.3 Å². The fraction of sp³-hybridized carbons (Fsp3) is 0.500. The summed E-state index contributed by atoms with van der Waals surface area (Å²) in [5, 5.41) is 2.67. The first-order chi connectivity index (χ1) is 9.12. The zero-order valence-corrected chi connectivity index (χ0v) is 11.7. The molecule has 0 spiro atoms. The van der Waals surface area contributed by atoms with Gasteiger partial charge in [0.05, 0.1) is 11.6 Å². The van der Waals surface area contributed by atoms with E-state index in [9.17, 15) is 18.0 Å². The molecule has 0 saturated heterocycles. The number of amides is 1. The van der Waals surface area contributed by atoms with Gasteiger partial charge >= 0.3 is 6.18 Å². The van der Waals surface area contributed by atoms with Crippen molar-refractivity contribution in [1.29, 1.82) is 0 Å². The minimum Gasteiger partial charge on any atom is -0.349 e. The first-order valence-corrected chi connectivity index (χ1v) is 6.36. The average molecular weight is 288 g/mol. The standard InChI is InChI=1S/C14H19F3N2O/c1-8(9(2)18)13(20)19-10(3)11-5-4-6-12(7-11)14(15,16)17/h4-10H,18H2,1-3H3,(H,19,20). The first-order valence-electron chi connectivity index (χ1n) is 6.36. The molecule has 0 bridgehead atoms. The van der Waals surface area contributed by atoms with Crippen LogP contribution in [-0.2, 0) is 11.0 Å². The molecule has 1 amide bonds. The normalized spacial score (nSPS) is 16.4. The lowest BCUT2D eigenvalue weighted by atomic mass is 10.0. The van der Waals surface area contributed by atoms with Gasteiger partial charge in [-0.2, -0.15) is 13.2 Å². The van der Waals surface area contributed by atoms with E-state index in [4.69, 9.17) is 5.73 Å². The molecule has 3 N–H and O–H groups in total. The second kappa shape index (κ2) is 6.26. The monoisotopic (exact) mass is 288 g/mol. The van der Waals surface area contributed by atoms with Gasteiger partial charge in [-0.05, 0) is 31.5 Å². The lowest BCUT2D eigenvalue weighted by Crippen LogP contribution is -2.39. The molecule has 0 aromatic heterocycles. The molecular formula is C14H19F3N2O. The molecule has 6 heteroatoms. The summed E-state index contributed by atoms with van der Waals surface area (Å²) in [4.78, 5) is 11.8. The quantitative estimate of drug-likeness (QED) is 0.895. The minimum atomic E-state index is -4.39. The molecule has 1 aromatic rings. The third-order valence-electron chi connectivity index (χ3n) is 3.27. The highest BCUT2D eigenvalue weighted by Gasteiger charge is 2.31. The molecule has 3 nitrogen and oxygen atoms in total. The van der Waals surface area contributed by atoms with Gasteiger partial charge < -0.3 is 11.1 Å². The number of benzene rings is 1.